The minimum Gasteiger partial charge on any atom is -0.323 e. The molecule has 2 N–H and O–H groups in total. The molecule has 130 valence electrons. The maximum absolute atomic E-state index is 6.43. The summed E-state index contributed by atoms with van der Waals surface area (Å²) in [7, 11) is 0. The first-order valence-corrected chi connectivity index (χ1v) is 9.28. The zero-order valence-corrected chi connectivity index (χ0v) is 15.8. The lowest BCUT2D eigenvalue weighted by molar-refractivity contribution is 1.00. The Morgan fingerprint density at radius 1 is 1.04 bits per heavy atom. The van der Waals surface area contributed by atoms with Crippen LogP contribution in [-0.4, -0.2) is 20.2 Å². The molecule has 7 heteroatoms. The molecule has 26 heavy (non-hydrogen) atoms. The van der Waals surface area contributed by atoms with Gasteiger partial charge in [-0.1, -0.05) is 35.9 Å². The molecule has 0 fully saturated rings. The molecule has 2 aromatic heterocycles. The zero-order chi connectivity index (χ0) is 18.1. The van der Waals surface area contributed by atoms with Crippen LogP contribution in [0.1, 0.15) is 11.3 Å². The van der Waals surface area contributed by atoms with E-state index < -0.39 is 0 Å². The van der Waals surface area contributed by atoms with Crippen molar-refractivity contribution in [1.82, 2.24) is 20.2 Å². The Labute approximate surface area is 160 Å². The molecule has 5 nitrogen and oxygen atoms in total. The summed E-state index contributed by atoms with van der Waals surface area (Å²) < 4.78 is 0. The highest BCUT2D eigenvalue weighted by Crippen LogP contribution is 2.35. The summed E-state index contributed by atoms with van der Waals surface area (Å²) in [5.41, 5.74) is 2.87. The van der Waals surface area contributed by atoms with E-state index in [1.165, 1.54) is 11.8 Å². The van der Waals surface area contributed by atoms with Crippen molar-refractivity contribution in [2.45, 2.75) is 23.9 Å². The van der Waals surface area contributed by atoms with Gasteiger partial charge in [-0.15, -0.1) is 0 Å². The van der Waals surface area contributed by atoms with Crippen LogP contribution in [-0.2, 0) is 0 Å². The number of H-pyrrole nitrogens is 1. The molecule has 4 aromatic rings. The Morgan fingerprint density at radius 3 is 2.69 bits per heavy atom. The molecular formula is C19H16ClN5S. The van der Waals surface area contributed by atoms with Crippen molar-refractivity contribution < 1.29 is 0 Å². The first-order valence-electron chi connectivity index (χ1n) is 8.09. The third-order valence-electron chi connectivity index (χ3n) is 3.89. The van der Waals surface area contributed by atoms with Crippen LogP contribution in [0.15, 0.2) is 58.6 Å². The standard InChI is InChI=1S/C19H16ClN5S/c1-11-6-5-9-15(17(11)20)26-19-21-14-8-4-3-7-13(14)18(23-19)22-16-10-12(2)24-25-16/h3-10H,1-2H3,(H2,21,22,23,24,25). The molecular weight excluding hydrogens is 366 g/mol. The summed E-state index contributed by atoms with van der Waals surface area (Å²) in [6.45, 7) is 3.94. The first-order chi connectivity index (χ1) is 12.6. The Kier molecular flexibility index (Phi) is 4.53. The van der Waals surface area contributed by atoms with Crippen LogP contribution in [0.3, 0.4) is 0 Å². The molecule has 0 atom stereocenters. The Balaban J connectivity index is 1.77. The number of halogens is 1. The van der Waals surface area contributed by atoms with E-state index in [0.717, 1.165) is 37.9 Å². The van der Waals surface area contributed by atoms with Crippen molar-refractivity contribution in [1.29, 1.82) is 0 Å². The third-order valence-corrected chi connectivity index (χ3v) is 5.43. The minimum absolute atomic E-state index is 0.631. The minimum atomic E-state index is 0.631. The third kappa shape index (κ3) is 3.38. The van der Waals surface area contributed by atoms with Crippen LogP contribution < -0.4 is 5.32 Å². The van der Waals surface area contributed by atoms with Crippen molar-refractivity contribution in [3.63, 3.8) is 0 Å². The number of hydrogen-bond acceptors (Lipinski definition) is 5. The Morgan fingerprint density at radius 2 is 1.88 bits per heavy atom. The van der Waals surface area contributed by atoms with E-state index in [2.05, 4.69) is 20.5 Å². The lowest BCUT2D eigenvalue weighted by Crippen LogP contribution is -1.99. The molecule has 0 saturated carbocycles. The van der Waals surface area contributed by atoms with Crippen molar-refractivity contribution >= 4 is 45.9 Å². The van der Waals surface area contributed by atoms with Gasteiger partial charge in [-0.3, -0.25) is 5.10 Å². The smallest absolute Gasteiger partial charge is 0.195 e. The van der Waals surface area contributed by atoms with Gasteiger partial charge >= 0.3 is 0 Å². The number of para-hydroxylation sites is 1. The number of aryl methyl sites for hydroxylation is 2. The number of nitrogens with zero attached hydrogens (tertiary/aromatic N) is 3. The summed E-state index contributed by atoms with van der Waals surface area (Å²) in [4.78, 5) is 10.3. The molecule has 4 rings (SSSR count). The second-order valence-corrected chi connectivity index (χ2v) is 7.31. The normalized spacial score (nSPS) is 11.0. The monoisotopic (exact) mass is 381 g/mol. The van der Waals surface area contributed by atoms with Gasteiger partial charge in [0.25, 0.3) is 0 Å². The van der Waals surface area contributed by atoms with Gasteiger partial charge in [0.2, 0.25) is 0 Å². The maximum atomic E-state index is 6.43. The number of fused-ring (bicyclic) bond motifs is 1. The van der Waals surface area contributed by atoms with Gasteiger partial charge in [-0.05, 0) is 49.4 Å². The van der Waals surface area contributed by atoms with Gasteiger partial charge in [-0.2, -0.15) is 5.10 Å². The summed E-state index contributed by atoms with van der Waals surface area (Å²) in [6.07, 6.45) is 0. The topological polar surface area (TPSA) is 66.5 Å². The predicted molar refractivity (Wildman–Crippen MR) is 106 cm³/mol. The molecule has 0 saturated heterocycles. The number of anilines is 2. The highest BCUT2D eigenvalue weighted by Gasteiger charge is 2.12. The Bertz CT molecular complexity index is 1090. The van der Waals surface area contributed by atoms with Gasteiger partial charge < -0.3 is 5.32 Å². The van der Waals surface area contributed by atoms with Crippen LogP contribution in [0.4, 0.5) is 11.6 Å². The average molecular weight is 382 g/mol. The van der Waals surface area contributed by atoms with Gasteiger partial charge in [0, 0.05) is 22.0 Å². The van der Waals surface area contributed by atoms with Gasteiger partial charge in [0.05, 0.1) is 10.5 Å². The fourth-order valence-electron chi connectivity index (χ4n) is 2.60. The number of nitrogens with one attached hydrogen (secondary N) is 2. The molecule has 2 heterocycles. The summed E-state index contributed by atoms with van der Waals surface area (Å²) in [6, 6.07) is 15.8. The van der Waals surface area contributed by atoms with Crippen molar-refractivity contribution in [2.75, 3.05) is 5.32 Å². The average Bonchev–Trinajstić information content (AvgIpc) is 3.04. The lowest BCUT2D eigenvalue weighted by atomic mass is 10.2. The molecule has 0 spiro atoms. The van der Waals surface area contributed by atoms with Crippen LogP contribution in [0.25, 0.3) is 10.9 Å². The summed E-state index contributed by atoms with van der Waals surface area (Å²) in [5, 5.41) is 12.7. The van der Waals surface area contributed by atoms with Crippen LogP contribution >= 0.6 is 23.4 Å². The molecule has 0 radical (unpaired) electrons. The number of hydrogen-bond donors (Lipinski definition) is 2. The van der Waals surface area contributed by atoms with Crippen LogP contribution in [0.5, 0.6) is 0 Å². The van der Waals surface area contributed by atoms with Crippen molar-refractivity contribution in [3.05, 3.63) is 64.8 Å². The molecule has 0 aliphatic rings. The highest BCUT2D eigenvalue weighted by atomic mass is 35.5. The van der Waals surface area contributed by atoms with E-state index in [4.69, 9.17) is 16.6 Å². The predicted octanol–water partition coefficient (Wildman–Crippen LogP) is 5.52. The largest absolute Gasteiger partial charge is 0.323 e. The molecule has 0 bridgehead atoms. The van der Waals surface area contributed by atoms with Crippen LogP contribution in [0.2, 0.25) is 5.02 Å². The first kappa shape index (κ1) is 16.9. The van der Waals surface area contributed by atoms with Crippen molar-refractivity contribution in [3.8, 4) is 0 Å². The molecule has 2 aromatic carbocycles. The van der Waals surface area contributed by atoms with E-state index in [1.807, 2.05) is 62.4 Å². The summed E-state index contributed by atoms with van der Waals surface area (Å²) >= 11 is 7.88. The van der Waals surface area contributed by atoms with Gasteiger partial charge in [-0.25, -0.2) is 9.97 Å². The van der Waals surface area contributed by atoms with Crippen LogP contribution in [0, 0.1) is 13.8 Å². The number of rotatable bonds is 4. The van der Waals surface area contributed by atoms with E-state index in [1.54, 1.807) is 0 Å². The molecule has 0 aliphatic carbocycles. The second kappa shape index (κ2) is 6.97. The fraction of sp³-hybridized carbons (Fsp3) is 0.105. The summed E-state index contributed by atoms with van der Waals surface area (Å²) in [5.74, 6) is 1.43. The van der Waals surface area contributed by atoms with Crippen molar-refractivity contribution in [2.24, 2.45) is 0 Å². The zero-order valence-electron chi connectivity index (χ0n) is 14.2. The SMILES string of the molecule is Cc1cc(Nc2nc(Sc3cccc(C)c3Cl)nc3ccccc23)n[nH]1. The Hall–Kier alpha value is -2.57. The molecule has 0 aliphatic heterocycles. The van der Waals surface area contributed by atoms with E-state index >= 15 is 0 Å². The highest BCUT2D eigenvalue weighted by molar-refractivity contribution is 7.99. The fourth-order valence-corrected chi connectivity index (χ4v) is 3.71. The molecule has 0 amide bonds. The number of aromatic amines is 1. The van der Waals surface area contributed by atoms with E-state index in [0.29, 0.717) is 11.0 Å². The second-order valence-electron chi connectivity index (χ2n) is 5.92. The lowest BCUT2D eigenvalue weighted by Gasteiger charge is -2.10. The van der Waals surface area contributed by atoms with E-state index in [9.17, 15) is 0 Å². The quantitative estimate of drug-likeness (QED) is 0.456. The maximum Gasteiger partial charge on any atom is 0.195 e. The van der Waals surface area contributed by atoms with Gasteiger partial charge in [0.1, 0.15) is 5.82 Å². The molecule has 0 unspecified atom stereocenters. The number of benzene rings is 2. The van der Waals surface area contributed by atoms with Gasteiger partial charge in [0.15, 0.2) is 11.0 Å². The number of aromatic nitrogens is 4. The van der Waals surface area contributed by atoms with E-state index in [-0.39, 0.29) is 0 Å².